The van der Waals surface area contributed by atoms with Crippen LogP contribution >= 0.6 is 0 Å². The molecule has 5 rings (SSSR count). The van der Waals surface area contributed by atoms with Gasteiger partial charge in [0.25, 0.3) is 5.91 Å². The second-order valence-electron chi connectivity index (χ2n) is 10.1. The molecular weight excluding hydrogens is 452 g/mol. The zero-order chi connectivity index (χ0) is 24.9. The molecule has 2 aromatic carbocycles. The van der Waals surface area contributed by atoms with Crippen molar-refractivity contribution < 1.29 is 9.53 Å². The SMILES string of the molecule is CN(C)c1nc(N[C@H]2CC[C@@H](NC(=O)C3CN(Cc4ccccc4)CCO3)CC2)nc2ccccc12. The lowest BCUT2D eigenvalue weighted by Crippen LogP contribution is -2.52. The summed E-state index contributed by atoms with van der Waals surface area (Å²) in [6.07, 6.45) is 3.37. The lowest BCUT2D eigenvalue weighted by molar-refractivity contribution is -0.139. The highest BCUT2D eigenvalue weighted by atomic mass is 16.5. The highest BCUT2D eigenvalue weighted by molar-refractivity contribution is 5.90. The van der Waals surface area contributed by atoms with E-state index in [0.717, 1.165) is 55.5 Å². The molecule has 36 heavy (non-hydrogen) atoms. The van der Waals surface area contributed by atoms with Gasteiger partial charge in [0.2, 0.25) is 5.95 Å². The van der Waals surface area contributed by atoms with Gasteiger partial charge in [-0.15, -0.1) is 0 Å². The first kappa shape index (κ1) is 24.5. The van der Waals surface area contributed by atoms with Gasteiger partial charge in [-0.3, -0.25) is 9.69 Å². The number of carbonyl (C=O) groups is 1. The van der Waals surface area contributed by atoms with Crippen molar-refractivity contribution in [3.63, 3.8) is 0 Å². The number of ether oxygens (including phenoxy) is 1. The number of morpholine rings is 1. The van der Waals surface area contributed by atoms with Gasteiger partial charge in [-0.25, -0.2) is 4.98 Å². The van der Waals surface area contributed by atoms with Gasteiger partial charge in [0.15, 0.2) is 0 Å². The molecule has 3 aromatic rings. The molecule has 8 heteroatoms. The van der Waals surface area contributed by atoms with Crippen LogP contribution in [0.15, 0.2) is 54.6 Å². The van der Waals surface area contributed by atoms with Gasteiger partial charge in [-0.2, -0.15) is 4.98 Å². The second kappa shape index (κ2) is 11.2. The molecule has 190 valence electrons. The number of rotatable bonds is 7. The minimum atomic E-state index is -0.409. The molecule has 0 bridgehead atoms. The summed E-state index contributed by atoms with van der Waals surface area (Å²) in [4.78, 5) is 26.8. The Kier molecular flexibility index (Phi) is 7.63. The first-order valence-electron chi connectivity index (χ1n) is 12.9. The van der Waals surface area contributed by atoms with Crippen LogP contribution in [0, 0.1) is 0 Å². The summed E-state index contributed by atoms with van der Waals surface area (Å²) < 4.78 is 5.83. The number of aromatic nitrogens is 2. The highest BCUT2D eigenvalue weighted by Gasteiger charge is 2.30. The summed E-state index contributed by atoms with van der Waals surface area (Å²) in [6.45, 7) is 2.91. The van der Waals surface area contributed by atoms with E-state index < -0.39 is 6.10 Å². The second-order valence-corrected chi connectivity index (χ2v) is 10.1. The summed E-state index contributed by atoms with van der Waals surface area (Å²) in [5.74, 6) is 1.59. The van der Waals surface area contributed by atoms with Crippen LogP contribution in [-0.2, 0) is 16.1 Å². The van der Waals surface area contributed by atoms with Crippen LogP contribution in [0.3, 0.4) is 0 Å². The van der Waals surface area contributed by atoms with E-state index in [4.69, 9.17) is 14.7 Å². The van der Waals surface area contributed by atoms with E-state index in [1.54, 1.807) is 0 Å². The van der Waals surface area contributed by atoms with Gasteiger partial charge in [-0.1, -0.05) is 42.5 Å². The van der Waals surface area contributed by atoms with Gasteiger partial charge in [-0.05, 0) is 43.4 Å². The molecule has 1 saturated heterocycles. The van der Waals surface area contributed by atoms with E-state index >= 15 is 0 Å². The Morgan fingerprint density at radius 3 is 2.50 bits per heavy atom. The molecule has 1 aromatic heterocycles. The Balaban J connectivity index is 1.12. The topological polar surface area (TPSA) is 82.6 Å². The number of para-hydroxylation sites is 1. The fraction of sp³-hybridized carbons (Fsp3) is 0.464. The first-order chi connectivity index (χ1) is 17.5. The van der Waals surface area contributed by atoms with E-state index in [2.05, 4.69) is 45.9 Å². The number of amides is 1. The van der Waals surface area contributed by atoms with E-state index in [0.29, 0.717) is 25.1 Å². The molecule has 2 fully saturated rings. The number of carbonyl (C=O) groups excluding carboxylic acids is 1. The van der Waals surface area contributed by atoms with Crippen molar-refractivity contribution in [2.45, 2.75) is 50.4 Å². The molecule has 1 amide bonds. The Bertz CT molecular complexity index is 1160. The van der Waals surface area contributed by atoms with Crippen LogP contribution in [0.5, 0.6) is 0 Å². The van der Waals surface area contributed by atoms with Crippen LogP contribution in [-0.4, -0.2) is 72.8 Å². The predicted molar refractivity (Wildman–Crippen MR) is 143 cm³/mol. The van der Waals surface area contributed by atoms with Gasteiger partial charge in [0, 0.05) is 51.2 Å². The smallest absolute Gasteiger partial charge is 0.250 e. The standard InChI is InChI=1S/C28H36N6O2/c1-33(2)26-23-10-6-7-11-24(23)31-28(32-26)30-22-14-12-21(13-15-22)29-27(35)25-19-34(16-17-36-25)18-20-8-4-3-5-9-20/h3-11,21-22,25H,12-19H2,1-2H3,(H,29,35)(H,30,31,32)/t21-,22+,25?. The molecule has 1 aliphatic heterocycles. The summed E-state index contributed by atoms with van der Waals surface area (Å²) in [6, 6.07) is 19.0. The Labute approximate surface area is 213 Å². The van der Waals surface area contributed by atoms with Crippen LogP contribution in [0.4, 0.5) is 11.8 Å². The fourth-order valence-electron chi connectivity index (χ4n) is 5.17. The van der Waals surface area contributed by atoms with Crippen LogP contribution < -0.4 is 15.5 Å². The van der Waals surface area contributed by atoms with Gasteiger partial charge in [0.05, 0.1) is 12.1 Å². The summed E-state index contributed by atoms with van der Waals surface area (Å²) in [5, 5.41) is 7.84. The van der Waals surface area contributed by atoms with Crippen LogP contribution in [0.25, 0.3) is 10.9 Å². The summed E-state index contributed by atoms with van der Waals surface area (Å²) >= 11 is 0. The van der Waals surface area contributed by atoms with Crippen LogP contribution in [0.2, 0.25) is 0 Å². The third kappa shape index (κ3) is 5.94. The van der Waals surface area contributed by atoms with Gasteiger partial charge >= 0.3 is 0 Å². The van der Waals surface area contributed by atoms with Crippen molar-refractivity contribution in [3.8, 4) is 0 Å². The third-order valence-electron chi connectivity index (χ3n) is 7.11. The van der Waals surface area contributed by atoms with Gasteiger partial charge in [0.1, 0.15) is 11.9 Å². The molecule has 1 atom stereocenters. The van der Waals surface area contributed by atoms with Crippen molar-refractivity contribution in [3.05, 3.63) is 60.2 Å². The molecule has 0 spiro atoms. The van der Waals surface area contributed by atoms with E-state index in [9.17, 15) is 4.79 Å². The Hall–Kier alpha value is -3.23. The Morgan fingerprint density at radius 1 is 1.00 bits per heavy atom. The normalized spacial score (nSPS) is 22.8. The van der Waals surface area contributed by atoms with Crippen LogP contribution in [0.1, 0.15) is 31.2 Å². The van der Waals surface area contributed by atoms with E-state index in [1.165, 1.54) is 5.56 Å². The number of nitrogens with zero attached hydrogens (tertiary/aromatic N) is 4. The molecule has 1 saturated carbocycles. The summed E-state index contributed by atoms with van der Waals surface area (Å²) in [7, 11) is 4.01. The minimum Gasteiger partial charge on any atom is -0.366 e. The molecule has 2 N–H and O–H groups in total. The number of hydrogen-bond acceptors (Lipinski definition) is 7. The number of benzene rings is 2. The van der Waals surface area contributed by atoms with E-state index in [1.807, 2.05) is 43.3 Å². The average molecular weight is 489 g/mol. The van der Waals surface area contributed by atoms with Crippen molar-refractivity contribution in [2.75, 3.05) is 44.0 Å². The average Bonchev–Trinajstić information content (AvgIpc) is 2.90. The van der Waals surface area contributed by atoms with E-state index in [-0.39, 0.29) is 11.9 Å². The predicted octanol–water partition coefficient (Wildman–Crippen LogP) is 3.44. The van der Waals surface area contributed by atoms with Crippen molar-refractivity contribution >= 4 is 28.6 Å². The third-order valence-corrected chi connectivity index (χ3v) is 7.11. The Morgan fingerprint density at radius 2 is 1.72 bits per heavy atom. The largest absolute Gasteiger partial charge is 0.366 e. The number of hydrogen-bond donors (Lipinski definition) is 2. The van der Waals surface area contributed by atoms with Crippen molar-refractivity contribution in [1.82, 2.24) is 20.2 Å². The molecule has 1 aliphatic carbocycles. The van der Waals surface area contributed by atoms with Crippen molar-refractivity contribution in [2.24, 2.45) is 0 Å². The van der Waals surface area contributed by atoms with Crippen molar-refractivity contribution in [1.29, 1.82) is 0 Å². The molecule has 0 radical (unpaired) electrons. The molecule has 2 aliphatic rings. The zero-order valence-electron chi connectivity index (χ0n) is 21.2. The molecule has 8 nitrogen and oxygen atoms in total. The lowest BCUT2D eigenvalue weighted by atomic mass is 9.91. The monoisotopic (exact) mass is 488 g/mol. The first-order valence-corrected chi connectivity index (χ1v) is 12.9. The number of fused-ring (bicyclic) bond motifs is 1. The molecule has 2 heterocycles. The lowest BCUT2D eigenvalue weighted by Gasteiger charge is -2.34. The maximum atomic E-state index is 13.0. The maximum absolute atomic E-state index is 13.0. The molecular formula is C28H36N6O2. The quantitative estimate of drug-likeness (QED) is 0.527. The molecule has 1 unspecified atom stereocenters. The van der Waals surface area contributed by atoms with Gasteiger partial charge < -0.3 is 20.3 Å². The number of anilines is 2. The minimum absolute atomic E-state index is 0.0117. The summed E-state index contributed by atoms with van der Waals surface area (Å²) in [5.41, 5.74) is 2.20. The number of nitrogens with one attached hydrogen (secondary N) is 2. The highest BCUT2D eigenvalue weighted by Crippen LogP contribution is 2.26. The maximum Gasteiger partial charge on any atom is 0.250 e. The fourth-order valence-corrected chi connectivity index (χ4v) is 5.17. The zero-order valence-corrected chi connectivity index (χ0v) is 21.2.